The molecule has 0 saturated heterocycles. The number of carbonyl (C=O) groups is 1. The van der Waals surface area contributed by atoms with E-state index in [0.29, 0.717) is 0 Å². The highest BCUT2D eigenvalue weighted by atomic mass is 19.4. The molecule has 1 aliphatic heterocycles. The Bertz CT molecular complexity index is 354. The standard InChI is InChI=1S/C8H9N.C2HF3O2/c1-2-4-8-7(3-1)5-6-9-8;3-2(4,5)1(6)7/h1-4,9H,5-6H2;(H,6,7). The van der Waals surface area contributed by atoms with Gasteiger partial charge in [0, 0.05) is 12.2 Å². The van der Waals surface area contributed by atoms with Gasteiger partial charge in [0.15, 0.2) is 0 Å². The van der Waals surface area contributed by atoms with E-state index >= 15 is 0 Å². The zero-order valence-electron chi connectivity index (χ0n) is 8.21. The monoisotopic (exact) mass is 233 g/mol. The van der Waals surface area contributed by atoms with Gasteiger partial charge < -0.3 is 10.4 Å². The molecule has 2 N–H and O–H groups in total. The molecule has 0 saturated carbocycles. The summed E-state index contributed by atoms with van der Waals surface area (Å²) in [4.78, 5) is 8.90. The average molecular weight is 233 g/mol. The minimum absolute atomic E-state index is 1.11. The summed E-state index contributed by atoms with van der Waals surface area (Å²) < 4.78 is 31.7. The molecule has 3 nitrogen and oxygen atoms in total. The molecule has 0 atom stereocenters. The molecule has 1 aromatic carbocycles. The SMILES string of the molecule is O=C(O)C(F)(F)F.c1ccc2c(c1)CCN2. The van der Waals surface area contributed by atoms with Crippen molar-refractivity contribution in [2.45, 2.75) is 12.6 Å². The molecule has 0 radical (unpaired) electrons. The van der Waals surface area contributed by atoms with Gasteiger partial charge in [-0.15, -0.1) is 0 Å². The van der Waals surface area contributed by atoms with Gasteiger partial charge in [0.1, 0.15) is 0 Å². The van der Waals surface area contributed by atoms with Gasteiger partial charge in [-0.25, -0.2) is 4.79 Å². The van der Waals surface area contributed by atoms with Crippen LogP contribution >= 0.6 is 0 Å². The van der Waals surface area contributed by atoms with E-state index in [0.717, 1.165) is 6.54 Å². The summed E-state index contributed by atoms with van der Waals surface area (Å²) in [6.45, 7) is 1.11. The Kier molecular flexibility index (Phi) is 3.76. The number of nitrogens with one attached hydrogen (secondary N) is 1. The van der Waals surface area contributed by atoms with Crippen molar-refractivity contribution in [3.8, 4) is 0 Å². The Hall–Kier alpha value is -1.72. The van der Waals surface area contributed by atoms with E-state index in [1.807, 2.05) is 0 Å². The van der Waals surface area contributed by atoms with Gasteiger partial charge in [-0.2, -0.15) is 13.2 Å². The van der Waals surface area contributed by atoms with E-state index < -0.39 is 12.1 Å². The number of aliphatic carboxylic acids is 1. The number of hydrogen-bond acceptors (Lipinski definition) is 2. The Morgan fingerprint density at radius 2 is 1.88 bits per heavy atom. The van der Waals surface area contributed by atoms with Crippen LogP contribution in [0.1, 0.15) is 5.56 Å². The molecule has 0 amide bonds. The molecule has 0 aliphatic carbocycles. The van der Waals surface area contributed by atoms with Crippen molar-refractivity contribution >= 4 is 11.7 Å². The van der Waals surface area contributed by atoms with Crippen LogP contribution in [0, 0.1) is 0 Å². The number of carboxylic acids is 1. The second-order valence-electron chi connectivity index (χ2n) is 3.14. The Balaban J connectivity index is 0.000000168. The molecular formula is C10H10F3NO2. The van der Waals surface area contributed by atoms with E-state index in [1.165, 1.54) is 17.7 Å². The molecule has 6 heteroatoms. The maximum atomic E-state index is 10.6. The second-order valence-corrected chi connectivity index (χ2v) is 3.14. The zero-order chi connectivity index (χ0) is 12.2. The molecule has 0 bridgehead atoms. The summed E-state index contributed by atoms with van der Waals surface area (Å²) in [5.74, 6) is -2.76. The van der Waals surface area contributed by atoms with Gasteiger partial charge >= 0.3 is 12.1 Å². The summed E-state index contributed by atoms with van der Waals surface area (Å²) >= 11 is 0. The van der Waals surface area contributed by atoms with Crippen molar-refractivity contribution in [3.63, 3.8) is 0 Å². The summed E-state index contributed by atoms with van der Waals surface area (Å²) in [6.07, 6.45) is -3.89. The lowest BCUT2D eigenvalue weighted by Crippen LogP contribution is -2.21. The first-order chi connectivity index (χ1) is 7.41. The summed E-state index contributed by atoms with van der Waals surface area (Å²) in [6, 6.07) is 8.46. The highest BCUT2D eigenvalue weighted by Crippen LogP contribution is 2.19. The topological polar surface area (TPSA) is 49.3 Å². The molecule has 0 spiro atoms. The normalized spacial score (nSPS) is 13.2. The third kappa shape index (κ3) is 3.45. The number of carboxylic acid groups (broad SMARTS) is 1. The third-order valence-electron chi connectivity index (χ3n) is 1.97. The van der Waals surface area contributed by atoms with E-state index in [4.69, 9.17) is 9.90 Å². The number of para-hydroxylation sites is 1. The number of anilines is 1. The number of halogens is 3. The number of fused-ring (bicyclic) bond motifs is 1. The maximum Gasteiger partial charge on any atom is 0.490 e. The first-order valence-corrected chi connectivity index (χ1v) is 4.53. The summed E-state index contributed by atoms with van der Waals surface area (Å²) in [7, 11) is 0. The lowest BCUT2D eigenvalue weighted by molar-refractivity contribution is -0.192. The predicted octanol–water partition coefficient (Wildman–Crippen LogP) is 2.29. The van der Waals surface area contributed by atoms with E-state index in [2.05, 4.69) is 29.6 Å². The minimum atomic E-state index is -5.08. The smallest absolute Gasteiger partial charge is 0.475 e. The lowest BCUT2D eigenvalue weighted by Gasteiger charge is -1.94. The Morgan fingerprint density at radius 1 is 1.31 bits per heavy atom. The first kappa shape index (κ1) is 12.4. The Morgan fingerprint density at radius 3 is 2.38 bits per heavy atom. The molecule has 1 heterocycles. The van der Waals surface area contributed by atoms with Crippen LogP contribution in [0.25, 0.3) is 0 Å². The largest absolute Gasteiger partial charge is 0.490 e. The van der Waals surface area contributed by atoms with Gasteiger partial charge in [-0.3, -0.25) is 0 Å². The fraction of sp³-hybridized carbons (Fsp3) is 0.300. The molecule has 0 aromatic heterocycles. The van der Waals surface area contributed by atoms with Crippen LogP contribution in [0.2, 0.25) is 0 Å². The highest BCUT2D eigenvalue weighted by Gasteiger charge is 2.38. The van der Waals surface area contributed by atoms with Crippen molar-refractivity contribution in [1.29, 1.82) is 0 Å². The maximum absolute atomic E-state index is 10.6. The molecule has 1 aromatic rings. The van der Waals surface area contributed by atoms with Crippen LogP contribution < -0.4 is 5.32 Å². The van der Waals surface area contributed by atoms with Crippen molar-refractivity contribution in [3.05, 3.63) is 29.8 Å². The van der Waals surface area contributed by atoms with Crippen molar-refractivity contribution < 1.29 is 23.1 Å². The lowest BCUT2D eigenvalue weighted by atomic mass is 10.2. The van der Waals surface area contributed by atoms with Crippen molar-refractivity contribution in [2.24, 2.45) is 0 Å². The van der Waals surface area contributed by atoms with Crippen LogP contribution in [0.4, 0.5) is 18.9 Å². The quantitative estimate of drug-likeness (QED) is 0.722. The molecular weight excluding hydrogens is 223 g/mol. The molecule has 0 unspecified atom stereocenters. The predicted molar refractivity (Wildman–Crippen MR) is 52.3 cm³/mol. The fourth-order valence-electron chi connectivity index (χ4n) is 1.24. The van der Waals surface area contributed by atoms with Gasteiger partial charge in [-0.1, -0.05) is 18.2 Å². The molecule has 88 valence electrons. The van der Waals surface area contributed by atoms with Gasteiger partial charge in [0.25, 0.3) is 0 Å². The van der Waals surface area contributed by atoms with E-state index in [-0.39, 0.29) is 0 Å². The molecule has 16 heavy (non-hydrogen) atoms. The highest BCUT2D eigenvalue weighted by molar-refractivity contribution is 5.73. The zero-order valence-corrected chi connectivity index (χ0v) is 8.21. The molecule has 1 aliphatic rings. The minimum Gasteiger partial charge on any atom is -0.475 e. The first-order valence-electron chi connectivity index (χ1n) is 4.53. The number of benzene rings is 1. The van der Waals surface area contributed by atoms with Crippen LogP contribution in [-0.4, -0.2) is 23.8 Å². The van der Waals surface area contributed by atoms with Crippen molar-refractivity contribution in [1.82, 2.24) is 0 Å². The molecule has 2 rings (SSSR count). The van der Waals surface area contributed by atoms with Gasteiger partial charge in [0.2, 0.25) is 0 Å². The average Bonchev–Trinajstić information content (AvgIpc) is 2.64. The Labute approximate surface area is 89.9 Å². The number of alkyl halides is 3. The van der Waals surface area contributed by atoms with Crippen LogP contribution in [0.5, 0.6) is 0 Å². The van der Waals surface area contributed by atoms with E-state index in [1.54, 1.807) is 0 Å². The summed E-state index contributed by atoms with van der Waals surface area (Å²) in [5.41, 5.74) is 2.77. The van der Waals surface area contributed by atoms with E-state index in [9.17, 15) is 13.2 Å². The number of rotatable bonds is 0. The molecule has 0 fully saturated rings. The van der Waals surface area contributed by atoms with Gasteiger partial charge in [0.05, 0.1) is 0 Å². The van der Waals surface area contributed by atoms with Crippen LogP contribution in [-0.2, 0) is 11.2 Å². The summed E-state index contributed by atoms with van der Waals surface area (Å²) in [5, 5.41) is 10.4. The number of hydrogen-bond donors (Lipinski definition) is 2. The van der Waals surface area contributed by atoms with Crippen LogP contribution in [0.15, 0.2) is 24.3 Å². The van der Waals surface area contributed by atoms with Crippen LogP contribution in [0.3, 0.4) is 0 Å². The second kappa shape index (κ2) is 4.87. The van der Waals surface area contributed by atoms with Gasteiger partial charge in [-0.05, 0) is 18.1 Å². The third-order valence-corrected chi connectivity index (χ3v) is 1.97. The van der Waals surface area contributed by atoms with Crippen molar-refractivity contribution in [2.75, 3.05) is 11.9 Å². The fourth-order valence-corrected chi connectivity index (χ4v) is 1.24.